The number of aliphatic hydroxyl groups excluding tert-OH is 2. The average molecular weight is 455 g/mol. The van der Waals surface area contributed by atoms with Gasteiger partial charge in [0.25, 0.3) is 0 Å². The lowest BCUT2D eigenvalue weighted by Gasteiger charge is -2.20. The summed E-state index contributed by atoms with van der Waals surface area (Å²) in [5, 5.41) is 19.7. The number of carbonyl (C=O) groups excluding carboxylic acids is 1. The van der Waals surface area contributed by atoms with Crippen molar-refractivity contribution in [2.75, 3.05) is 13.2 Å². The molecule has 0 aliphatic carbocycles. The maximum atomic E-state index is 11.9. The molecular weight excluding hydrogens is 404 g/mol. The highest BCUT2D eigenvalue weighted by atomic mass is 16.6. The third kappa shape index (κ3) is 13.6. The van der Waals surface area contributed by atoms with Gasteiger partial charge in [-0.1, -0.05) is 84.3 Å². The lowest BCUT2D eigenvalue weighted by atomic mass is 9.91. The molecule has 5 atom stereocenters. The standard InChI is InChI=1S/C27H50O5/c1-20(2)9-6-10-21(3)11-7-12-22(4)13-8-14-23(5)15-16-26(30)32-19-25(29)27-24(28)17-18-31-27/h15,20-22,24-25,27-29H,6-14,16-19H2,1-5H3/b23-15+. The number of esters is 1. The van der Waals surface area contributed by atoms with Crippen LogP contribution in [0.4, 0.5) is 0 Å². The van der Waals surface area contributed by atoms with Gasteiger partial charge in [0.05, 0.1) is 12.5 Å². The predicted molar refractivity (Wildman–Crippen MR) is 130 cm³/mol. The molecule has 0 spiro atoms. The Morgan fingerprint density at radius 2 is 1.62 bits per heavy atom. The van der Waals surface area contributed by atoms with Crippen LogP contribution in [0.1, 0.15) is 105 Å². The van der Waals surface area contributed by atoms with Crippen molar-refractivity contribution >= 4 is 5.97 Å². The van der Waals surface area contributed by atoms with Gasteiger partial charge < -0.3 is 19.7 Å². The summed E-state index contributed by atoms with van der Waals surface area (Å²) in [5.74, 6) is 2.07. The zero-order valence-electron chi connectivity index (χ0n) is 21.4. The van der Waals surface area contributed by atoms with Gasteiger partial charge >= 0.3 is 5.97 Å². The zero-order valence-corrected chi connectivity index (χ0v) is 21.4. The summed E-state index contributed by atoms with van der Waals surface area (Å²) in [7, 11) is 0. The fourth-order valence-electron chi connectivity index (χ4n) is 4.37. The Labute approximate surface area is 197 Å². The van der Waals surface area contributed by atoms with E-state index in [1.54, 1.807) is 0 Å². The fourth-order valence-corrected chi connectivity index (χ4v) is 4.37. The molecule has 0 aromatic carbocycles. The molecular formula is C27H50O5. The molecule has 5 nitrogen and oxygen atoms in total. The second kappa shape index (κ2) is 16.7. The van der Waals surface area contributed by atoms with Gasteiger partial charge in [-0.2, -0.15) is 0 Å². The van der Waals surface area contributed by atoms with E-state index < -0.39 is 18.3 Å². The lowest BCUT2D eigenvalue weighted by molar-refractivity contribution is -0.149. The van der Waals surface area contributed by atoms with Crippen molar-refractivity contribution in [1.29, 1.82) is 0 Å². The molecule has 188 valence electrons. The summed E-state index contributed by atoms with van der Waals surface area (Å²) in [6.07, 6.45) is 11.8. The monoisotopic (exact) mass is 454 g/mol. The highest BCUT2D eigenvalue weighted by molar-refractivity contribution is 5.71. The number of hydrogen-bond donors (Lipinski definition) is 2. The first-order chi connectivity index (χ1) is 15.2. The first-order valence-electron chi connectivity index (χ1n) is 13.0. The minimum absolute atomic E-state index is 0.138. The van der Waals surface area contributed by atoms with Crippen molar-refractivity contribution in [3.8, 4) is 0 Å². The lowest BCUT2D eigenvalue weighted by Crippen LogP contribution is -2.38. The van der Waals surface area contributed by atoms with Crippen molar-refractivity contribution in [1.82, 2.24) is 0 Å². The molecule has 32 heavy (non-hydrogen) atoms. The Hall–Kier alpha value is -0.910. The molecule has 1 aliphatic heterocycles. The molecule has 1 saturated heterocycles. The molecule has 1 fully saturated rings. The van der Waals surface area contributed by atoms with E-state index in [4.69, 9.17) is 9.47 Å². The van der Waals surface area contributed by atoms with Crippen LogP contribution in [0.2, 0.25) is 0 Å². The SMILES string of the molecule is C/C(=C\CC(=O)OCC(O)C1OCCC1O)CCCC(C)CCCC(C)CCCC(C)C. The van der Waals surface area contributed by atoms with Crippen LogP contribution in [0.3, 0.4) is 0 Å². The number of rotatable bonds is 17. The van der Waals surface area contributed by atoms with Crippen molar-refractivity contribution in [3.05, 3.63) is 11.6 Å². The average Bonchev–Trinajstić information content (AvgIpc) is 3.16. The smallest absolute Gasteiger partial charge is 0.309 e. The molecule has 0 radical (unpaired) electrons. The van der Waals surface area contributed by atoms with E-state index in [1.807, 2.05) is 6.08 Å². The van der Waals surface area contributed by atoms with Crippen LogP contribution in [0.25, 0.3) is 0 Å². The molecule has 0 saturated carbocycles. The topological polar surface area (TPSA) is 76.0 Å². The minimum Gasteiger partial charge on any atom is -0.463 e. The maximum absolute atomic E-state index is 11.9. The highest BCUT2D eigenvalue weighted by Gasteiger charge is 2.33. The van der Waals surface area contributed by atoms with Gasteiger partial charge in [0.2, 0.25) is 0 Å². The van der Waals surface area contributed by atoms with Crippen LogP contribution in [0.5, 0.6) is 0 Å². The minimum atomic E-state index is -0.981. The van der Waals surface area contributed by atoms with Crippen LogP contribution in [0.15, 0.2) is 11.6 Å². The van der Waals surface area contributed by atoms with Gasteiger partial charge in [-0.25, -0.2) is 0 Å². The molecule has 5 heteroatoms. The second-order valence-electron chi connectivity index (χ2n) is 10.6. The van der Waals surface area contributed by atoms with Crippen molar-refractivity contribution < 1.29 is 24.5 Å². The number of aliphatic hydroxyl groups is 2. The van der Waals surface area contributed by atoms with Gasteiger partial charge in [0.15, 0.2) is 0 Å². The van der Waals surface area contributed by atoms with Crippen LogP contribution >= 0.6 is 0 Å². The fraction of sp³-hybridized carbons (Fsp3) is 0.889. The van der Waals surface area contributed by atoms with Crippen LogP contribution in [-0.2, 0) is 14.3 Å². The largest absolute Gasteiger partial charge is 0.463 e. The molecule has 0 aromatic heterocycles. The van der Waals surface area contributed by atoms with Crippen molar-refractivity contribution in [2.24, 2.45) is 17.8 Å². The van der Waals surface area contributed by atoms with Crippen LogP contribution in [0, 0.1) is 17.8 Å². The Kier molecular flexibility index (Phi) is 15.2. The summed E-state index contributed by atoms with van der Waals surface area (Å²) in [4.78, 5) is 11.9. The van der Waals surface area contributed by atoms with E-state index in [-0.39, 0.29) is 19.0 Å². The third-order valence-electron chi connectivity index (χ3n) is 6.65. The molecule has 0 bridgehead atoms. The number of carbonyl (C=O) groups is 1. The third-order valence-corrected chi connectivity index (χ3v) is 6.65. The summed E-state index contributed by atoms with van der Waals surface area (Å²) < 4.78 is 10.4. The second-order valence-corrected chi connectivity index (χ2v) is 10.6. The molecule has 1 aliphatic rings. The molecule has 0 aromatic rings. The first kappa shape index (κ1) is 29.1. The molecule has 0 amide bonds. The molecule has 2 N–H and O–H groups in total. The normalized spacial score (nSPS) is 22.2. The summed E-state index contributed by atoms with van der Waals surface area (Å²) in [6.45, 7) is 11.7. The van der Waals surface area contributed by atoms with Crippen LogP contribution in [-0.4, -0.2) is 47.7 Å². The molecule has 5 unspecified atom stereocenters. The van der Waals surface area contributed by atoms with E-state index in [0.717, 1.165) is 30.6 Å². The maximum Gasteiger partial charge on any atom is 0.309 e. The van der Waals surface area contributed by atoms with Gasteiger partial charge in [0, 0.05) is 6.61 Å². The Balaban J connectivity index is 2.08. The molecule has 1 heterocycles. The first-order valence-corrected chi connectivity index (χ1v) is 13.0. The van der Waals surface area contributed by atoms with Crippen LogP contribution < -0.4 is 0 Å². The van der Waals surface area contributed by atoms with Gasteiger partial charge in [-0.15, -0.1) is 0 Å². The van der Waals surface area contributed by atoms with E-state index in [9.17, 15) is 15.0 Å². The summed E-state index contributed by atoms with van der Waals surface area (Å²) in [6, 6.07) is 0. The van der Waals surface area contributed by atoms with Gasteiger partial charge in [-0.05, 0) is 43.9 Å². The van der Waals surface area contributed by atoms with E-state index >= 15 is 0 Å². The Bertz CT molecular complexity index is 530. The summed E-state index contributed by atoms with van der Waals surface area (Å²) >= 11 is 0. The van der Waals surface area contributed by atoms with Gasteiger partial charge in [-0.3, -0.25) is 4.79 Å². The highest BCUT2D eigenvalue weighted by Crippen LogP contribution is 2.22. The zero-order chi connectivity index (χ0) is 23.9. The van der Waals surface area contributed by atoms with Crippen molar-refractivity contribution in [3.63, 3.8) is 0 Å². The van der Waals surface area contributed by atoms with Crippen molar-refractivity contribution in [2.45, 2.75) is 124 Å². The Morgan fingerprint density at radius 1 is 1.03 bits per heavy atom. The number of ether oxygens (including phenoxy) is 2. The number of allylic oxidation sites excluding steroid dienone is 1. The Morgan fingerprint density at radius 3 is 2.19 bits per heavy atom. The predicted octanol–water partition coefficient (Wildman–Crippen LogP) is 5.82. The number of hydrogen-bond acceptors (Lipinski definition) is 5. The van der Waals surface area contributed by atoms with E-state index in [2.05, 4.69) is 34.6 Å². The van der Waals surface area contributed by atoms with Gasteiger partial charge in [0.1, 0.15) is 18.8 Å². The van der Waals surface area contributed by atoms with E-state index in [1.165, 1.54) is 50.5 Å². The molecule has 1 rings (SSSR count). The van der Waals surface area contributed by atoms with E-state index in [0.29, 0.717) is 13.0 Å². The quantitative estimate of drug-likeness (QED) is 0.214. The summed E-state index contributed by atoms with van der Waals surface area (Å²) in [5.41, 5.74) is 1.21.